The van der Waals surface area contributed by atoms with E-state index >= 15 is 0 Å². The van der Waals surface area contributed by atoms with E-state index in [1.54, 1.807) is 0 Å². The van der Waals surface area contributed by atoms with Gasteiger partial charge in [0.05, 0.1) is 27.8 Å². The van der Waals surface area contributed by atoms with Gasteiger partial charge in [-0.1, -0.05) is 13.8 Å². The monoisotopic (exact) mass is 764 g/mol. The van der Waals surface area contributed by atoms with E-state index in [2.05, 4.69) is 6.92 Å². The first kappa shape index (κ1) is 38.4. The second-order valence-electron chi connectivity index (χ2n) is 22.4. The Morgan fingerprint density at radius 3 is 1.93 bits per heavy atom. The number of hydrogen-bond donors (Lipinski definition) is 1. The molecule has 0 aromatic heterocycles. The van der Waals surface area contributed by atoms with E-state index in [1.807, 2.05) is 34.6 Å². The minimum Gasteiger partial charge on any atom is -0.459 e. The summed E-state index contributed by atoms with van der Waals surface area (Å²) < 4.78 is 25.4. The quantitative estimate of drug-likeness (QED) is 0.138. The lowest BCUT2D eigenvalue weighted by molar-refractivity contribution is -0.227. The minimum atomic E-state index is -0.980. The Labute approximate surface area is 328 Å². The van der Waals surface area contributed by atoms with Crippen LogP contribution in [-0.2, 0) is 38.1 Å². The summed E-state index contributed by atoms with van der Waals surface area (Å²) in [5.74, 6) is 2.54. The molecule has 11 fully saturated rings. The van der Waals surface area contributed by atoms with Gasteiger partial charge in [-0.2, -0.15) is 0 Å². The molecule has 9 heteroatoms. The van der Waals surface area contributed by atoms with Gasteiger partial charge in [0.25, 0.3) is 0 Å². The van der Waals surface area contributed by atoms with Crippen LogP contribution < -0.4 is 0 Å². The maximum absolute atomic E-state index is 14.8. The number of fused-ring (bicyclic) bond motifs is 1. The molecule has 11 rings (SSSR count). The average molecular weight is 765 g/mol. The fourth-order valence-electron chi connectivity index (χ4n) is 15.0. The lowest BCUT2D eigenvalue weighted by Crippen LogP contribution is -2.61. The van der Waals surface area contributed by atoms with Crippen molar-refractivity contribution in [3.63, 3.8) is 0 Å². The Hall–Kier alpha value is -2.16. The van der Waals surface area contributed by atoms with E-state index in [9.17, 15) is 24.3 Å². The Bertz CT molecular complexity index is 1560. The molecule has 10 aliphatic carbocycles. The van der Waals surface area contributed by atoms with E-state index in [0.717, 1.165) is 63.2 Å². The summed E-state index contributed by atoms with van der Waals surface area (Å²) in [5, 5.41) is 11.5. The standard InChI is InChI=1S/C46H68O9/c1-7-42(5,39(49)53-35-30-19-33-34(20-30)37(47)52-36(33)35)11-12-43(6,40(50)54-45-23-28-14-29(24-45)22-44(51,21-28)25-45)10-9-41(3,4)38(48)55-46(8-2)31-15-26-13-27(17-31)18-32(46)16-26/h26-36,51H,7-25H2,1-6H3. The van der Waals surface area contributed by atoms with Gasteiger partial charge in [-0.15, -0.1) is 0 Å². The maximum Gasteiger partial charge on any atom is 0.312 e. The zero-order chi connectivity index (χ0) is 38.9. The third kappa shape index (κ3) is 6.22. The summed E-state index contributed by atoms with van der Waals surface area (Å²) in [5.41, 5.74) is -4.47. The molecule has 1 aliphatic heterocycles. The van der Waals surface area contributed by atoms with Gasteiger partial charge in [0.15, 0.2) is 0 Å². The second kappa shape index (κ2) is 12.9. The molecule has 0 amide bonds. The summed E-state index contributed by atoms with van der Waals surface area (Å²) in [6, 6.07) is 0. The van der Waals surface area contributed by atoms with Crippen molar-refractivity contribution in [1.82, 2.24) is 0 Å². The molecule has 0 aromatic carbocycles. The number of rotatable bonds is 14. The van der Waals surface area contributed by atoms with Gasteiger partial charge in [-0.25, -0.2) is 0 Å². The first-order valence-corrected chi connectivity index (χ1v) is 22.5. The van der Waals surface area contributed by atoms with Crippen molar-refractivity contribution < 1.29 is 43.2 Å². The van der Waals surface area contributed by atoms with Crippen LogP contribution in [0.3, 0.4) is 0 Å². The Balaban J connectivity index is 0.919. The molecule has 0 aromatic rings. The molecule has 0 radical (unpaired) electrons. The molecule has 10 saturated carbocycles. The summed E-state index contributed by atoms with van der Waals surface area (Å²) in [6.45, 7) is 12.0. The third-order valence-corrected chi connectivity index (χ3v) is 18.1. The number of aliphatic hydroxyl groups is 1. The number of carbonyl (C=O) groups is 4. The highest BCUT2D eigenvalue weighted by Crippen LogP contribution is 2.62. The van der Waals surface area contributed by atoms with Crippen LogP contribution in [0.2, 0.25) is 0 Å². The van der Waals surface area contributed by atoms with Crippen LogP contribution in [0.1, 0.15) is 164 Å². The van der Waals surface area contributed by atoms with Crippen LogP contribution >= 0.6 is 0 Å². The number of esters is 4. The van der Waals surface area contributed by atoms with Crippen molar-refractivity contribution in [2.75, 3.05) is 0 Å². The lowest BCUT2D eigenvalue weighted by atomic mass is 9.49. The van der Waals surface area contributed by atoms with Gasteiger partial charge in [0.1, 0.15) is 23.4 Å². The first-order valence-electron chi connectivity index (χ1n) is 22.5. The number of carbonyl (C=O) groups excluding carboxylic acids is 4. The van der Waals surface area contributed by atoms with E-state index in [-0.39, 0.29) is 53.3 Å². The normalized spacial score (nSPS) is 46.3. The van der Waals surface area contributed by atoms with Crippen LogP contribution in [0.4, 0.5) is 0 Å². The van der Waals surface area contributed by atoms with Crippen LogP contribution in [0.25, 0.3) is 0 Å². The van der Waals surface area contributed by atoms with Crippen LogP contribution in [0, 0.1) is 69.5 Å². The van der Waals surface area contributed by atoms with E-state index in [4.69, 9.17) is 18.9 Å². The molecular formula is C46H68O9. The van der Waals surface area contributed by atoms with E-state index in [0.29, 0.717) is 62.2 Å². The van der Waals surface area contributed by atoms with Gasteiger partial charge >= 0.3 is 23.9 Å². The molecule has 10 bridgehead atoms. The first-order chi connectivity index (χ1) is 25.9. The highest BCUT2D eigenvalue weighted by atomic mass is 16.6. The van der Waals surface area contributed by atoms with Crippen molar-refractivity contribution in [2.24, 2.45) is 69.5 Å². The van der Waals surface area contributed by atoms with Crippen LogP contribution in [-0.4, -0.2) is 58.0 Å². The van der Waals surface area contributed by atoms with Crippen LogP contribution in [0.5, 0.6) is 0 Å². The average Bonchev–Trinajstić information content (AvgIpc) is 3.75. The van der Waals surface area contributed by atoms with E-state index in [1.165, 1.54) is 32.1 Å². The molecule has 1 heterocycles. The number of ether oxygens (including phenoxy) is 4. The van der Waals surface area contributed by atoms with Gasteiger partial charge in [0, 0.05) is 18.3 Å². The van der Waals surface area contributed by atoms with Crippen molar-refractivity contribution in [3.05, 3.63) is 0 Å². The molecule has 9 nitrogen and oxygen atoms in total. The van der Waals surface area contributed by atoms with Crippen molar-refractivity contribution in [3.8, 4) is 0 Å². The molecule has 0 spiro atoms. The zero-order valence-corrected chi connectivity index (χ0v) is 34.5. The Morgan fingerprint density at radius 1 is 0.727 bits per heavy atom. The maximum atomic E-state index is 14.8. The summed E-state index contributed by atoms with van der Waals surface area (Å²) in [4.78, 5) is 55.6. The number of hydrogen-bond acceptors (Lipinski definition) is 9. The fraction of sp³-hybridized carbons (Fsp3) is 0.913. The minimum absolute atomic E-state index is 0.0502. The molecule has 9 unspecified atom stereocenters. The fourth-order valence-corrected chi connectivity index (χ4v) is 15.0. The summed E-state index contributed by atoms with van der Waals surface area (Å²) >= 11 is 0. The van der Waals surface area contributed by atoms with Gasteiger partial charge in [-0.05, 0) is 179 Å². The second-order valence-corrected chi connectivity index (χ2v) is 22.4. The molecule has 306 valence electrons. The smallest absolute Gasteiger partial charge is 0.312 e. The lowest BCUT2D eigenvalue weighted by Gasteiger charge is -2.60. The van der Waals surface area contributed by atoms with Crippen molar-refractivity contribution in [1.29, 1.82) is 0 Å². The van der Waals surface area contributed by atoms with Gasteiger partial charge < -0.3 is 24.1 Å². The highest BCUT2D eigenvalue weighted by molar-refractivity contribution is 5.80. The van der Waals surface area contributed by atoms with Crippen LogP contribution in [0.15, 0.2) is 0 Å². The predicted octanol–water partition coefficient (Wildman–Crippen LogP) is 8.26. The SMILES string of the molecule is CCC(C)(CCC(C)(CCC(C)(C)C(=O)OC1(CC)C2CC3CC(C2)CC1C3)C(=O)OC12CC3CC(CC(O)(C3)C1)C2)C(=O)OC1C2CC3C(=O)OC1C3C2. The molecule has 9 atom stereocenters. The topological polar surface area (TPSA) is 125 Å². The molecule has 1 saturated heterocycles. The van der Waals surface area contributed by atoms with Crippen molar-refractivity contribution in [2.45, 2.75) is 193 Å². The summed E-state index contributed by atoms with van der Waals surface area (Å²) in [7, 11) is 0. The molecule has 55 heavy (non-hydrogen) atoms. The Kier molecular flexibility index (Phi) is 9.01. The van der Waals surface area contributed by atoms with Crippen molar-refractivity contribution >= 4 is 23.9 Å². The largest absolute Gasteiger partial charge is 0.459 e. The third-order valence-electron chi connectivity index (χ3n) is 18.1. The molecular weight excluding hydrogens is 696 g/mol. The highest BCUT2D eigenvalue weighted by Gasteiger charge is 2.64. The van der Waals surface area contributed by atoms with Gasteiger partial charge in [-0.3, -0.25) is 19.2 Å². The van der Waals surface area contributed by atoms with Gasteiger partial charge in [0.2, 0.25) is 0 Å². The van der Waals surface area contributed by atoms with E-state index < -0.39 is 33.6 Å². The predicted molar refractivity (Wildman–Crippen MR) is 203 cm³/mol. The molecule has 1 N–H and O–H groups in total. The summed E-state index contributed by atoms with van der Waals surface area (Å²) in [6.07, 6.45) is 14.7. The molecule has 11 aliphatic rings. The zero-order valence-electron chi connectivity index (χ0n) is 34.5. The Morgan fingerprint density at radius 2 is 1.33 bits per heavy atom.